The van der Waals surface area contributed by atoms with Gasteiger partial charge in [-0.25, -0.2) is 18.1 Å². The average Bonchev–Trinajstić information content (AvgIpc) is 3.59. The van der Waals surface area contributed by atoms with Crippen LogP contribution in [0.4, 0.5) is 0 Å². The Labute approximate surface area is 278 Å². The van der Waals surface area contributed by atoms with Crippen molar-refractivity contribution in [3.63, 3.8) is 0 Å². The number of fused-ring (bicyclic) bond motifs is 6. The SMILES string of the molecule is C[C-]1C2=C3Cc4ccccc4C3=C3C=CCCC3C2(C)C(C)(C)C(C)(C)C1(C)C.[Cl-].[Cl-].[Zr+2]=[C]1CCC1.c1cc[cH-]c1. The number of rotatable bonds is 0. The maximum absolute atomic E-state index is 2.62. The molecule has 2 fully saturated rings. The summed E-state index contributed by atoms with van der Waals surface area (Å²) in [6.07, 6.45) is 12.9. The minimum Gasteiger partial charge on any atom is -0.214 e. The number of hydrogen-bond acceptors (Lipinski definition) is 0. The van der Waals surface area contributed by atoms with Gasteiger partial charge in [-0.05, 0) is 40.6 Å². The summed E-state index contributed by atoms with van der Waals surface area (Å²) in [5, 5.41) is 0. The van der Waals surface area contributed by atoms with Gasteiger partial charge in [-0.1, -0.05) is 113 Å². The van der Waals surface area contributed by atoms with Crippen LogP contribution in [0.25, 0.3) is 5.57 Å². The second kappa shape index (κ2) is 12.5. The van der Waals surface area contributed by atoms with E-state index >= 15 is 0 Å². The minimum absolute atomic E-state index is 0. The van der Waals surface area contributed by atoms with E-state index in [1.165, 1.54) is 43.2 Å². The normalized spacial score (nSPS) is 27.2. The molecule has 0 N–H and O–H groups in total. The van der Waals surface area contributed by atoms with Crippen molar-refractivity contribution in [1.82, 2.24) is 0 Å². The molecule has 220 valence electrons. The van der Waals surface area contributed by atoms with Gasteiger partial charge in [0.2, 0.25) is 0 Å². The molecule has 5 aliphatic rings. The largest absolute Gasteiger partial charge is 0.214 e. The molecule has 0 aliphatic heterocycles. The van der Waals surface area contributed by atoms with Gasteiger partial charge in [0, 0.05) is 0 Å². The van der Waals surface area contributed by atoms with E-state index in [2.05, 4.69) is 91.8 Å². The number of benzene rings is 1. The van der Waals surface area contributed by atoms with Crippen molar-refractivity contribution in [1.29, 1.82) is 0 Å². The molecule has 2 aromatic carbocycles. The van der Waals surface area contributed by atoms with Gasteiger partial charge in [-0.15, -0.1) is 6.92 Å². The van der Waals surface area contributed by atoms with Gasteiger partial charge in [-0.2, -0.15) is 29.3 Å². The van der Waals surface area contributed by atoms with Crippen LogP contribution in [0.5, 0.6) is 0 Å². The Morgan fingerprint density at radius 3 is 2.02 bits per heavy atom. The van der Waals surface area contributed by atoms with Crippen LogP contribution in [0.3, 0.4) is 0 Å². The summed E-state index contributed by atoms with van der Waals surface area (Å²) < 4.78 is 1.78. The van der Waals surface area contributed by atoms with Crippen LogP contribution in [0.15, 0.2) is 83.5 Å². The first kappa shape index (κ1) is 34.5. The standard InChI is InChI=1S/C29H37.C5H5.C4H6.2ClH.Zr/c1-18-25-22-17-19-13-9-10-14-20(19)24(22)21-15-11-12-16-23(21)29(25,8)28(6,7)27(4,5)26(18,2)3;1-2-4-5-3-1;1-2-4-3-1;;;/h9-11,13-15,23H,12,16-17H2,1-8H3;1-5H;1-3H2;2*1H;/q2*-1;;;;+2/p-2. The third kappa shape index (κ3) is 5.23. The molecule has 2 aromatic rings. The monoisotopic (exact) mass is 664 g/mol. The van der Waals surface area contributed by atoms with Gasteiger partial charge in [-0.3, -0.25) is 0 Å². The Morgan fingerprint density at radius 2 is 1.49 bits per heavy atom. The number of allylic oxidation sites excluding steroid dienone is 6. The Morgan fingerprint density at radius 1 is 0.878 bits per heavy atom. The van der Waals surface area contributed by atoms with Gasteiger partial charge in [0.1, 0.15) is 0 Å². The molecular formula is C38H48Cl2Zr-2. The molecule has 0 nitrogen and oxygen atoms in total. The molecule has 0 radical (unpaired) electrons. The third-order valence-corrected chi connectivity index (χ3v) is 13.5. The molecule has 0 aromatic heterocycles. The Hall–Kier alpha value is -1.01. The maximum atomic E-state index is 2.62. The summed E-state index contributed by atoms with van der Waals surface area (Å²) in [7, 11) is 0. The maximum Gasteiger partial charge on any atom is -0.172 e. The topological polar surface area (TPSA) is 0 Å². The average molecular weight is 667 g/mol. The van der Waals surface area contributed by atoms with Gasteiger partial charge < -0.3 is 24.8 Å². The molecule has 5 aliphatic carbocycles. The summed E-state index contributed by atoms with van der Waals surface area (Å²) in [6, 6.07) is 19.2. The zero-order valence-electron chi connectivity index (χ0n) is 26.4. The Balaban J connectivity index is 0.000000325. The van der Waals surface area contributed by atoms with E-state index in [1.54, 1.807) is 55.7 Å². The molecule has 2 unspecified atom stereocenters. The zero-order chi connectivity index (χ0) is 28.2. The molecule has 0 heterocycles. The van der Waals surface area contributed by atoms with Crippen LogP contribution in [0.2, 0.25) is 0 Å². The van der Waals surface area contributed by atoms with E-state index in [4.69, 9.17) is 0 Å². The molecule has 0 bridgehead atoms. The summed E-state index contributed by atoms with van der Waals surface area (Å²) >= 11 is 1.67. The summed E-state index contributed by atoms with van der Waals surface area (Å²) in [4.78, 5) is 0. The predicted octanol–water partition coefficient (Wildman–Crippen LogP) is 4.27. The van der Waals surface area contributed by atoms with Crippen LogP contribution in [0.1, 0.15) is 98.6 Å². The fraction of sp³-hybridized carbons (Fsp3) is 0.500. The Bertz CT molecular complexity index is 1310. The second-order valence-electron chi connectivity index (χ2n) is 14.2. The molecule has 3 heteroatoms. The summed E-state index contributed by atoms with van der Waals surface area (Å²) in [6.45, 7) is 20.3. The Kier molecular flexibility index (Phi) is 10.5. The zero-order valence-corrected chi connectivity index (χ0v) is 30.4. The van der Waals surface area contributed by atoms with E-state index in [0.717, 1.165) is 6.42 Å². The van der Waals surface area contributed by atoms with Crippen molar-refractivity contribution in [3.8, 4) is 0 Å². The third-order valence-electron chi connectivity index (χ3n) is 12.3. The van der Waals surface area contributed by atoms with Crippen LogP contribution < -0.4 is 24.8 Å². The van der Waals surface area contributed by atoms with Crippen LogP contribution in [0, 0.1) is 33.5 Å². The first-order valence-corrected chi connectivity index (χ1v) is 16.4. The van der Waals surface area contributed by atoms with Crippen LogP contribution in [-0.4, -0.2) is 3.21 Å². The van der Waals surface area contributed by atoms with Gasteiger partial charge in [0.15, 0.2) is 0 Å². The molecule has 2 atom stereocenters. The fourth-order valence-corrected chi connectivity index (χ4v) is 9.11. The number of hydrogen-bond donors (Lipinski definition) is 0. The fourth-order valence-electron chi connectivity index (χ4n) is 8.24. The van der Waals surface area contributed by atoms with E-state index in [-0.39, 0.29) is 46.5 Å². The predicted molar refractivity (Wildman–Crippen MR) is 165 cm³/mol. The minimum atomic E-state index is 0. The summed E-state index contributed by atoms with van der Waals surface area (Å²) in [5.41, 5.74) is 10.3. The van der Waals surface area contributed by atoms with E-state index in [0.29, 0.717) is 5.92 Å². The van der Waals surface area contributed by atoms with Crippen molar-refractivity contribution in [2.24, 2.45) is 27.6 Å². The smallest absolute Gasteiger partial charge is 0.172 e. The molecule has 0 spiro atoms. The number of halogens is 2. The molecule has 0 saturated heterocycles. The second-order valence-corrected chi connectivity index (χ2v) is 15.9. The van der Waals surface area contributed by atoms with Crippen LogP contribution in [-0.2, 0) is 30.7 Å². The van der Waals surface area contributed by atoms with E-state index < -0.39 is 0 Å². The van der Waals surface area contributed by atoms with Crippen molar-refractivity contribution < 1.29 is 49.0 Å². The van der Waals surface area contributed by atoms with Gasteiger partial charge in [0.05, 0.1) is 0 Å². The summed E-state index contributed by atoms with van der Waals surface area (Å²) in [5.74, 6) is 2.24. The molecule has 0 amide bonds. The van der Waals surface area contributed by atoms with E-state index in [1.807, 2.05) is 30.3 Å². The van der Waals surface area contributed by atoms with Crippen molar-refractivity contribution in [3.05, 3.63) is 101 Å². The molecular weight excluding hydrogens is 619 g/mol. The van der Waals surface area contributed by atoms with Gasteiger partial charge >= 0.3 is 46.7 Å². The quantitative estimate of drug-likeness (QED) is 0.369. The van der Waals surface area contributed by atoms with Crippen molar-refractivity contribution >= 4 is 8.78 Å². The van der Waals surface area contributed by atoms with E-state index in [9.17, 15) is 0 Å². The van der Waals surface area contributed by atoms with Gasteiger partial charge in [0.25, 0.3) is 0 Å². The van der Waals surface area contributed by atoms with Crippen LogP contribution >= 0.6 is 0 Å². The first-order chi connectivity index (χ1) is 18.4. The molecule has 2 saturated carbocycles. The molecule has 7 rings (SSSR count). The van der Waals surface area contributed by atoms with Crippen molar-refractivity contribution in [2.45, 2.75) is 93.9 Å². The molecule has 41 heavy (non-hydrogen) atoms. The first-order valence-electron chi connectivity index (χ1n) is 15.2. The van der Waals surface area contributed by atoms with Crippen molar-refractivity contribution in [2.75, 3.05) is 0 Å².